The highest BCUT2D eigenvalue weighted by molar-refractivity contribution is 7.93. The van der Waals surface area contributed by atoms with Crippen LogP contribution in [-0.4, -0.2) is 42.5 Å². The first-order chi connectivity index (χ1) is 20.5. The van der Waals surface area contributed by atoms with E-state index < -0.39 is 44.0 Å². The van der Waals surface area contributed by atoms with E-state index in [1.807, 2.05) is 0 Å². The highest BCUT2D eigenvalue weighted by atomic mass is 32.2. The molecule has 4 aromatic carbocycles. The van der Waals surface area contributed by atoms with Gasteiger partial charge in [-0.1, -0.05) is 72.8 Å². The van der Waals surface area contributed by atoms with Gasteiger partial charge in [0.2, 0.25) is 0 Å². The SMILES string of the molecule is CC(OC(=O)c1ccccc1)(OC(=O)c1ccccc1)S(=O)(=O)C(C)(OC(=O)c1ccccc1)OC(=O)c1ccccc1. The Balaban J connectivity index is 1.82. The standard InChI is InChI=1S/C32H26O10S/c1-31(39-27(33)23-15-7-3-8-16-23,40-28(34)24-17-9-4-10-18-24)43(37,38)32(2,41-29(35)25-19-11-5-12-20-25)42-30(36)26-21-13-6-14-22-26/h3-22H,1-2H3. The fourth-order valence-electron chi connectivity index (χ4n) is 3.80. The highest BCUT2D eigenvalue weighted by Crippen LogP contribution is 2.37. The minimum Gasteiger partial charge on any atom is -0.405 e. The summed E-state index contributed by atoms with van der Waals surface area (Å²) < 4.78 is 50.3. The molecule has 10 nitrogen and oxygen atoms in total. The van der Waals surface area contributed by atoms with Gasteiger partial charge in [-0.25, -0.2) is 27.6 Å². The molecule has 0 aromatic heterocycles. The van der Waals surface area contributed by atoms with Crippen LogP contribution < -0.4 is 0 Å². The Hall–Kier alpha value is -5.29. The fourth-order valence-corrected chi connectivity index (χ4v) is 5.22. The first kappa shape index (κ1) is 30.7. The third-order valence-electron chi connectivity index (χ3n) is 6.13. The van der Waals surface area contributed by atoms with Gasteiger partial charge in [0.25, 0.3) is 0 Å². The molecule has 0 saturated carbocycles. The van der Waals surface area contributed by atoms with Gasteiger partial charge in [0.1, 0.15) is 0 Å². The van der Waals surface area contributed by atoms with E-state index in [2.05, 4.69) is 0 Å². The average Bonchev–Trinajstić information content (AvgIpc) is 3.02. The molecule has 0 unspecified atom stereocenters. The fraction of sp³-hybridized carbons (Fsp3) is 0.125. The molecule has 11 heteroatoms. The number of hydrogen-bond acceptors (Lipinski definition) is 10. The highest BCUT2D eigenvalue weighted by Gasteiger charge is 2.63. The molecular formula is C32H26O10S. The van der Waals surface area contributed by atoms with E-state index in [0.717, 1.165) is 13.8 Å². The lowest BCUT2D eigenvalue weighted by Gasteiger charge is -2.36. The van der Waals surface area contributed by atoms with E-state index >= 15 is 0 Å². The summed E-state index contributed by atoms with van der Waals surface area (Å²) in [4.78, 5) is 52.6. The Labute approximate surface area is 247 Å². The van der Waals surface area contributed by atoms with Crippen molar-refractivity contribution >= 4 is 33.7 Å². The van der Waals surface area contributed by atoms with Gasteiger partial charge in [0.15, 0.2) is 0 Å². The minimum atomic E-state index is -5.45. The Kier molecular flexibility index (Phi) is 9.06. The predicted molar refractivity (Wildman–Crippen MR) is 153 cm³/mol. The van der Waals surface area contributed by atoms with Gasteiger partial charge in [0.05, 0.1) is 22.3 Å². The Bertz CT molecular complexity index is 1480. The van der Waals surface area contributed by atoms with E-state index in [9.17, 15) is 27.6 Å². The number of esters is 4. The van der Waals surface area contributed by atoms with Crippen molar-refractivity contribution in [2.24, 2.45) is 0 Å². The Morgan fingerprint density at radius 1 is 0.419 bits per heavy atom. The van der Waals surface area contributed by atoms with Gasteiger partial charge >= 0.3 is 44.0 Å². The molecular weight excluding hydrogens is 576 g/mol. The lowest BCUT2D eigenvalue weighted by molar-refractivity contribution is -0.128. The van der Waals surface area contributed by atoms with Crippen molar-refractivity contribution in [2.45, 2.75) is 24.1 Å². The predicted octanol–water partition coefficient (Wildman–Crippen LogP) is 5.18. The molecule has 4 rings (SSSR count). The quantitative estimate of drug-likeness (QED) is 0.176. The van der Waals surface area contributed by atoms with Crippen molar-refractivity contribution in [1.82, 2.24) is 0 Å². The minimum absolute atomic E-state index is 0.0797. The van der Waals surface area contributed by atoms with E-state index in [4.69, 9.17) is 18.9 Å². The van der Waals surface area contributed by atoms with Gasteiger partial charge < -0.3 is 18.9 Å². The van der Waals surface area contributed by atoms with Crippen LogP contribution >= 0.6 is 0 Å². The zero-order chi connectivity index (χ0) is 31.1. The lowest BCUT2D eigenvalue weighted by Crippen LogP contribution is -2.57. The van der Waals surface area contributed by atoms with E-state index in [-0.39, 0.29) is 22.3 Å². The van der Waals surface area contributed by atoms with Crippen LogP contribution in [0.4, 0.5) is 0 Å². The number of rotatable bonds is 10. The summed E-state index contributed by atoms with van der Waals surface area (Å²) in [5, 5.41) is -6.37. The molecule has 4 aromatic rings. The summed E-state index contributed by atoms with van der Waals surface area (Å²) in [6.07, 6.45) is 0. The monoisotopic (exact) mass is 602 g/mol. The number of sulfone groups is 1. The molecule has 0 fully saturated rings. The van der Waals surface area contributed by atoms with Gasteiger partial charge in [-0.15, -0.1) is 0 Å². The van der Waals surface area contributed by atoms with Crippen LogP contribution in [0.25, 0.3) is 0 Å². The summed E-state index contributed by atoms with van der Waals surface area (Å²) >= 11 is 0. The smallest absolute Gasteiger partial charge is 0.365 e. The molecule has 0 heterocycles. The largest absolute Gasteiger partial charge is 0.405 e. The van der Waals surface area contributed by atoms with Gasteiger partial charge in [-0.3, -0.25) is 0 Å². The van der Waals surface area contributed by atoms with Crippen LogP contribution in [0.3, 0.4) is 0 Å². The molecule has 0 saturated heterocycles. The van der Waals surface area contributed by atoms with Gasteiger partial charge in [-0.05, 0) is 48.5 Å². The number of carbonyl (C=O) groups excluding carboxylic acids is 4. The number of carbonyl (C=O) groups is 4. The van der Waals surface area contributed by atoms with Crippen molar-refractivity contribution in [1.29, 1.82) is 0 Å². The number of hydrogen-bond donors (Lipinski definition) is 0. The van der Waals surface area contributed by atoms with Crippen molar-refractivity contribution in [3.8, 4) is 0 Å². The molecule has 0 bridgehead atoms. The summed E-state index contributed by atoms with van der Waals surface area (Å²) in [5.74, 6) is -4.78. The molecule has 0 amide bonds. The van der Waals surface area contributed by atoms with Crippen LogP contribution in [0.1, 0.15) is 55.3 Å². The van der Waals surface area contributed by atoms with Crippen LogP contribution in [-0.2, 0) is 28.8 Å². The summed E-state index contributed by atoms with van der Waals surface area (Å²) in [7, 11) is -5.45. The number of benzene rings is 4. The van der Waals surface area contributed by atoms with Crippen molar-refractivity contribution in [3.05, 3.63) is 144 Å². The van der Waals surface area contributed by atoms with Crippen LogP contribution in [0, 0.1) is 0 Å². The van der Waals surface area contributed by atoms with E-state index in [0.29, 0.717) is 0 Å². The third-order valence-corrected chi connectivity index (χ3v) is 8.41. The maximum absolute atomic E-state index is 14.4. The summed E-state index contributed by atoms with van der Waals surface area (Å²) in [5.41, 5.74) is -0.319. The second-order valence-electron chi connectivity index (χ2n) is 9.25. The van der Waals surface area contributed by atoms with Gasteiger partial charge in [-0.2, -0.15) is 0 Å². The molecule has 0 aliphatic heterocycles. The van der Waals surface area contributed by atoms with Crippen molar-refractivity contribution in [3.63, 3.8) is 0 Å². The second-order valence-corrected chi connectivity index (χ2v) is 11.7. The normalized spacial score (nSPS) is 11.6. The summed E-state index contributed by atoms with van der Waals surface area (Å²) in [6.45, 7) is 1.55. The molecule has 43 heavy (non-hydrogen) atoms. The molecule has 0 N–H and O–H groups in total. The summed E-state index contributed by atoms with van der Waals surface area (Å²) in [6, 6.07) is 29.3. The van der Waals surface area contributed by atoms with Gasteiger partial charge in [0, 0.05) is 13.8 Å². The average molecular weight is 603 g/mol. The molecule has 0 atom stereocenters. The maximum atomic E-state index is 14.4. The first-order valence-electron chi connectivity index (χ1n) is 12.8. The van der Waals surface area contributed by atoms with Crippen molar-refractivity contribution < 1.29 is 46.5 Å². The molecule has 0 aliphatic rings. The third kappa shape index (κ3) is 6.79. The lowest BCUT2D eigenvalue weighted by atomic mass is 10.2. The van der Waals surface area contributed by atoms with Crippen molar-refractivity contribution in [2.75, 3.05) is 0 Å². The first-order valence-corrected chi connectivity index (χ1v) is 14.3. The zero-order valence-electron chi connectivity index (χ0n) is 23.0. The molecule has 0 spiro atoms. The second kappa shape index (κ2) is 12.7. The molecule has 0 radical (unpaired) electrons. The van der Waals surface area contributed by atoms with Crippen LogP contribution in [0.15, 0.2) is 121 Å². The van der Waals surface area contributed by atoms with E-state index in [1.165, 1.54) is 97.1 Å². The Morgan fingerprint density at radius 3 is 0.791 bits per heavy atom. The van der Waals surface area contributed by atoms with E-state index in [1.54, 1.807) is 24.3 Å². The zero-order valence-corrected chi connectivity index (χ0v) is 23.9. The molecule has 0 aliphatic carbocycles. The Morgan fingerprint density at radius 2 is 0.605 bits per heavy atom. The van der Waals surface area contributed by atoms with Crippen LogP contribution in [0.2, 0.25) is 0 Å². The van der Waals surface area contributed by atoms with Crippen LogP contribution in [0.5, 0.6) is 0 Å². The maximum Gasteiger partial charge on any atom is 0.365 e. The molecule has 220 valence electrons. The topological polar surface area (TPSA) is 139 Å². The number of ether oxygens (including phenoxy) is 4.